The zero-order valence-corrected chi connectivity index (χ0v) is 15.7. The van der Waals surface area contributed by atoms with Gasteiger partial charge in [0.15, 0.2) is 5.65 Å². The molecule has 11 nitrogen and oxygen atoms in total. The molecule has 140 valence electrons. The molecule has 0 bridgehead atoms. The molecule has 4 aromatic heterocycles. The molecule has 0 unspecified atom stereocenters. The van der Waals surface area contributed by atoms with Crippen molar-refractivity contribution in [2.45, 2.75) is 39.7 Å². The van der Waals surface area contributed by atoms with Gasteiger partial charge in [0.1, 0.15) is 6.61 Å². The minimum atomic E-state index is -0.205. The van der Waals surface area contributed by atoms with Gasteiger partial charge in [-0.1, -0.05) is 31.1 Å². The first-order valence-corrected chi connectivity index (χ1v) is 8.37. The van der Waals surface area contributed by atoms with Gasteiger partial charge >= 0.3 is 0 Å². The van der Waals surface area contributed by atoms with E-state index in [9.17, 15) is 0 Å². The molecule has 0 saturated heterocycles. The van der Waals surface area contributed by atoms with Crippen molar-refractivity contribution in [3.8, 4) is 17.5 Å². The van der Waals surface area contributed by atoms with Crippen LogP contribution in [-0.4, -0.2) is 44.9 Å². The van der Waals surface area contributed by atoms with Crippen LogP contribution in [0.5, 0.6) is 5.88 Å². The first kappa shape index (κ1) is 17.1. The second kappa shape index (κ2) is 6.11. The fraction of sp³-hybridized carbons (Fsp3) is 0.438. The zero-order chi connectivity index (χ0) is 19.2. The number of hydrogen-bond donors (Lipinski definition) is 0. The van der Waals surface area contributed by atoms with E-state index in [1.807, 2.05) is 13.1 Å². The summed E-state index contributed by atoms with van der Waals surface area (Å²) < 4.78 is 14.3. The number of fused-ring (bicyclic) bond motifs is 1. The summed E-state index contributed by atoms with van der Waals surface area (Å²) in [7, 11) is 1.81. The second-order valence-electron chi connectivity index (χ2n) is 7.18. The first-order chi connectivity index (χ1) is 12.8. The van der Waals surface area contributed by atoms with E-state index >= 15 is 0 Å². The second-order valence-corrected chi connectivity index (χ2v) is 7.18. The number of ether oxygens (including phenoxy) is 1. The van der Waals surface area contributed by atoms with Crippen molar-refractivity contribution in [1.29, 1.82) is 0 Å². The highest BCUT2D eigenvalue weighted by molar-refractivity contribution is 5.53. The largest absolute Gasteiger partial charge is 0.470 e. The van der Waals surface area contributed by atoms with Crippen molar-refractivity contribution in [3.05, 3.63) is 29.4 Å². The lowest BCUT2D eigenvalue weighted by Crippen LogP contribution is -2.17. The third-order valence-corrected chi connectivity index (χ3v) is 4.06. The Kier molecular flexibility index (Phi) is 3.86. The molecule has 11 heteroatoms. The lowest BCUT2D eigenvalue weighted by Gasteiger charge is -2.21. The average molecular weight is 369 g/mol. The molecule has 0 radical (unpaired) electrons. The van der Waals surface area contributed by atoms with Crippen molar-refractivity contribution in [2.24, 2.45) is 7.05 Å². The number of rotatable bonds is 4. The third kappa shape index (κ3) is 3.11. The van der Waals surface area contributed by atoms with E-state index in [0.29, 0.717) is 29.1 Å². The lowest BCUT2D eigenvalue weighted by atomic mass is 9.88. The molecule has 0 aliphatic rings. The molecule has 0 aromatic carbocycles. The van der Waals surface area contributed by atoms with Crippen LogP contribution in [0.4, 0.5) is 0 Å². The van der Waals surface area contributed by atoms with Crippen LogP contribution in [0.3, 0.4) is 0 Å². The van der Waals surface area contributed by atoms with Crippen molar-refractivity contribution >= 4 is 5.65 Å². The topological polar surface area (TPSA) is 122 Å². The predicted octanol–water partition coefficient (Wildman–Crippen LogP) is 1.49. The highest BCUT2D eigenvalue weighted by atomic mass is 16.5. The maximum Gasteiger partial charge on any atom is 0.242 e. The molecule has 0 fully saturated rings. The fourth-order valence-corrected chi connectivity index (χ4v) is 2.57. The highest BCUT2D eigenvalue weighted by Gasteiger charge is 2.25. The van der Waals surface area contributed by atoms with Gasteiger partial charge in [-0.3, -0.25) is 0 Å². The summed E-state index contributed by atoms with van der Waals surface area (Å²) in [6, 6.07) is 1.91. The Morgan fingerprint density at radius 3 is 2.67 bits per heavy atom. The minimum absolute atomic E-state index is 0.205. The van der Waals surface area contributed by atoms with E-state index < -0.39 is 0 Å². The summed E-state index contributed by atoms with van der Waals surface area (Å²) in [5.74, 6) is 1.61. The molecule has 0 aliphatic carbocycles. The molecule has 0 spiro atoms. The lowest BCUT2D eigenvalue weighted by molar-refractivity contribution is 0.270. The van der Waals surface area contributed by atoms with Crippen molar-refractivity contribution in [2.75, 3.05) is 0 Å². The predicted molar refractivity (Wildman–Crippen MR) is 92.8 cm³/mol. The molecule has 0 N–H and O–H groups in total. The Labute approximate surface area is 154 Å². The van der Waals surface area contributed by atoms with E-state index in [1.54, 1.807) is 22.3 Å². The highest BCUT2D eigenvalue weighted by Crippen LogP contribution is 2.31. The van der Waals surface area contributed by atoms with Crippen LogP contribution in [0.1, 0.15) is 37.9 Å². The maximum atomic E-state index is 6.01. The van der Waals surface area contributed by atoms with Crippen molar-refractivity contribution < 1.29 is 9.26 Å². The Balaban J connectivity index is 1.80. The van der Waals surface area contributed by atoms with E-state index in [-0.39, 0.29) is 12.0 Å². The molecule has 0 aliphatic heterocycles. The summed E-state index contributed by atoms with van der Waals surface area (Å²) in [6.07, 6.45) is 1.65. The monoisotopic (exact) mass is 369 g/mol. The normalized spacial score (nSPS) is 12.0. The molecule has 4 aromatic rings. The quantitative estimate of drug-likeness (QED) is 0.526. The summed E-state index contributed by atoms with van der Waals surface area (Å²) in [6.45, 7) is 8.24. The summed E-state index contributed by atoms with van der Waals surface area (Å²) in [4.78, 5) is 4.20. The van der Waals surface area contributed by atoms with E-state index in [4.69, 9.17) is 9.26 Å². The van der Waals surface area contributed by atoms with Gasteiger partial charge < -0.3 is 9.26 Å². The molecule has 0 saturated carbocycles. The van der Waals surface area contributed by atoms with E-state index in [2.05, 4.69) is 56.5 Å². The van der Waals surface area contributed by atoms with Crippen LogP contribution in [-0.2, 0) is 19.1 Å². The molecule has 27 heavy (non-hydrogen) atoms. The molecular formula is C16H19N9O2. The summed E-state index contributed by atoms with van der Waals surface area (Å²) >= 11 is 0. The fourth-order valence-electron chi connectivity index (χ4n) is 2.57. The van der Waals surface area contributed by atoms with Crippen LogP contribution in [0.25, 0.3) is 17.3 Å². The SMILES string of the molecule is Cc1nc(-c2nnc3cc(C(C)(C)C)c(OCc4cnnn4C)nn23)no1. The van der Waals surface area contributed by atoms with E-state index in [0.717, 1.165) is 11.3 Å². The van der Waals surface area contributed by atoms with Gasteiger partial charge in [0.2, 0.25) is 23.4 Å². The van der Waals surface area contributed by atoms with Crippen LogP contribution >= 0.6 is 0 Å². The molecule has 4 heterocycles. The van der Waals surface area contributed by atoms with Crippen LogP contribution < -0.4 is 4.74 Å². The van der Waals surface area contributed by atoms with Crippen molar-refractivity contribution in [3.63, 3.8) is 0 Å². The molecule has 4 rings (SSSR count). The number of hydrogen-bond acceptors (Lipinski definition) is 9. The molecule has 0 atom stereocenters. The first-order valence-electron chi connectivity index (χ1n) is 8.37. The Bertz CT molecular complexity index is 1100. The number of nitrogens with zero attached hydrogens (tertiary/aromatic N) is 9. The Morgan fingerprint density at radius 2 is 2.04 bits per heavy atom. The van der Waals surface area contributed by atoms with Gasteiger partial charge in [-0.25, -0.2) is 4.68 Å². The summed E-state index contributed by atoms with van der Waals surface area (Å²) in [5.41, 5.74) is 2.11. The van der Waals surface area contributed by atoms with Gasteiger partial charge in [0.05, 0.1) is 11.9 Å². The average Bonchev–Trinajstić information content (AvgIpc) is 3.31. The zero-order valence-electron chi connectivity index (χ0n) is 15.7. The number of aromatic nitrogens is 9. The maximum absolute atomic E-state index is 6.01. The van der Waals surface area contributed by atoms with Crippen LogP contribution in [0, 0.1) is 6.92 Å². The van der Waals surface area contributed by atoms with Crippen LogP contribution in [0.15, 0.2) is 16.8 Å². The minimum Gasteiger partial charge on any atom is -0.470 e. The Hall–Kier alpha value is -3.37. The standard InChI is InChI=1S/C16H19N9O2/c1-9-18-13(22-27-9)14-20-19-12-6-11(16(2,3)4)15(21-25(12)14)26-8-10-7-17-23-24(10)5/h6-7H,8H2,1-5H3. The molecule has 0 amide bonds. The van der Waals surface area contributed by atoms with Crippen LogP contribution in [0.2, 0.25) is 0 Å². The molecular weight excluding hydrogens is 350 g/mol. The smallest absolute Gasteiger partial charge is 0.242 e. The van der Waals surface area contributed by atoms with Gasteiger partial charge in [0.25, 0.3) is 0 Å². The van der Waals surface area contributed by atoms with Gasteiger partial charge in [-0.15, -0.1) is 20.4 Å². The van der Waals surface area contributed by atoms with Crippen molar-refractivity contribution in [1.82, 2.24) is 44.9 Å². The van der Waals surface area contributed by atoms with Gasteiger partial charge in [0, 0.05) is 19.5 Å². The van der Waals surface area contributed by atoms with Gasteiger partial charge in [-0.05, 0) is 11.5 Å². The Morgan fingerprint density at radius 1 is 1.22 bits per heavy atom. The van der Waals surface area contributed by atoms with E-state index in [1.165, 1.54) is 0 Å². The third-order valence-electron chi connectivity index (χ3n) is 4.06. The number of aryl methyl sites for hydroxylation is 2. The summed E-state index contributed by atoms with van der Waals surface area (Å²) in [5, 5.41) is 24.6. The van der Waals surface area contributed by atoms with Gasteiger partial charge in [-0.2, -0.15) is 9.50 Å².